The highest BCUT2D eigenvalue weighted by Crippen LogP contribution is 2.17. The van der Waals surface area contributed by atoms with Gasteiger partial charge in [-0.2, -0.15) is 0 Å². The number of aliphatic hydroxyl groups is 1. The van der Waals surface area contributed by atoms with Crippen molar-refractivity contribution in [1.82, 2.24) is 5.32 Å². The number of nitrogens with one attached hydrogen (secondary N) is 1. The minimum absolute atomic E-state index is 0.201. The maximum absolute atomic E-state index is 11.7. The van der Waals surface area contributed by atoms with Crippen LogP contribution in [0.25, 0.3) is 0 Å². The molecule has 1 aromatic rings. The molecule has 0 bridgehead atoms. The summed E-state index contributed by atoms with van der Waals surface area (Å²) in [5.41, 5.74) is 1.92. The zero-order valence-corrected chi connectivity index (χ0v) is 12.2. The van der Waals surface area contributed by atoms with E-state index in [1.807, 2.05) is 25.1 Å². The maximum atomic E-state index is 11.7. The SMILES string of the molecule is COC(=O)C(CO)NC(=O)CCc1ccc(C)c(Cl)c1. The van der Waals surface area contributed by atoms with E-state index in [1.165, 1.54) is 7.11 Å². The molecule has 1 atom stereocenters. The number of hydrogen-bond donors (Lipinski definition) is 2. The lowest BCUT2D eigenvalue weighted by Gasteiger charge is -2.13. The summed E-state index contributed by atoms with van der Waals surface area (Å²) in [7, 11) is 1.20. The highest BCUT2D eigenvalue weighted by atomic mass is 35.5. The highest BCUT2D eigenvalue weighted by molar-refractivity contribution is 6.31. The summed E-state index contributed by atoms with van der Waals surface area (Å²) >= 11 is 6.00. The van der Waals surface area contributed by atoms with E-state index in [2.05, 4.69) is 10.1 Å². The Bertz CT molecular complexity index is 490. The number of aliphatic hydroxyl groups excluding tert-OH is 1. The second kappa shape index (κ2) is 7.87. The third-order valence-corrected chi connectivity index (χ3v) is 3.29. The molecule has 0 saturated carbocycles. The van der Waals surface area contributed by atoms with Crippen LogP contribution in [0.4, 0.5) is 0 Å². The number of halogens is 1. The number of methoxy groups -OCH3 is 1. The molecule has 1 aromatic carbocycles. The maximum Gasteiger partial charge on any atom is 0.330 e. The van der Waals surface area contributed by atoms with E-state index in [9.17, 15) is 9.59 Å². The van der Waals surface area contributed by atoms with Crippen LogP contribution in [0.1, 0.15) is 17.5 Å². The van der Waals surface area contributed by atoms with Crippen molar-refractivity contribution in [2.45, 2.75) is 25.8 Å². The van der Waals surface area contributed by atoms with Crippen LogP contribution in [0.15, 0.2) is 18.2 Å². The van der Waals surface area contributed by atoms with E-state index in [-0.39, 0.29) is 12.3 Å². The molecule has 20 heavy (non-hydrogen) atoms. The molecule has 0 fully saturated rings. The molecule has 1 rings (SSSR count). The molecular formula is C14H18ClNO4. The van der Waals surface area contributed by atoms with Gasteiger partial charge in [0.2, 0.25) is 5.91 Å². The standard InChI is InChI=1S/C14H18ClNO4/c1-9-3-4-10(7-11(9)15)5-6-13(18)16-12(8-17)14(19)20-2/h3-4,7,12,17H,5-6,8H2,1-2H3,(H,16,18). The molecule has 110 valence electrons. The first-order chi connectivity index (χ1) is 9.47. The third-order valence-electron chi connectivity index (χ3n) is 2.88. The van der Waals surface area contributed by atoms with Crippen LogP contribution in [-0.2, 0) is 20.7 Å². The first-order valence-electron chi connectivity index (χ1n) is 6.21. The lowest BCUT2D eigenvalue weighted by atomic mass is 10.1. The van der Waals surface area contributed by atoms with Crippen molar-refractivity contribution in [3.8, 4) is 0 Å². The van der Waals surface area contributed by atoms with Crippen LogP contribution >= 0.6 is 11.6 Å². The summed E-state index contributed by atoms with van der Waals surface area (Å²) in [6, 6.07) is 4.58. The zero-order chi connectivity index (χ0) is 15.1. The summed E-state index contributed by atoms with van der Waals surface area (Å²) in [4.78, 5) is 22.9. The van der Waals surface area contributed by atoms with E-state index in [0.717, 1.165) is 11.1 Å². The summed E-state index contributed by atoms with van der Waals surface area (Å²) in [6.07, 6.45) is 0.706. The van der Waals surface area contributed by atoms with E-state index < -0.39 is 18.6 Å². The molecule has 0 aromatic heterocycles. The normalized spacial score (nSPS) is 11.8. The van der Waals surface area contributed by atoms with Gasteiger partial charge in [0.15, 0.2) is 6.04 Å². The topological polar surface area (TPSA) is 75.6 Å². The van der Waals surface area contributed by atoms with Gasteiger partial charge in [-0.3, -0.25) is 4.79 Å². The van der Waals surface area contributed by atoms with Gasteiger partial charge in [-0.15, -0.1) is 0 Å². The van der Waals surface area contributed by atoms with Crippen molar-refractivity contribution in [2.24, 2.45) is 0 Å². The van der Waals surface area contributed by atoms with Crippen molar-refractivity contribution in [3.05, 3.63) is 34.3 Å². The number of ether oxygens (including phenoxy) is 1. The summed E-state index contributed by atoms with van der Waals surface area (Å²) < 4.78 is 4.46. The number of aryl methyl sites for hydroxylation is 2. The van der Waals surface area contributed by atoms with Gasteiger partial charge >= 0.3 is 5.97 Å². The van der Waals surface area contributed by atoms with Gasteiger partial charge in [-0.05, 0) is 30.5 Å². The number of amides is 1. The molecule has 2 N–H and O–H groups in total. The van der Waals surface area contributed by atoms with Gasteiger partial charge in [0.25, 0.3) is 0 Å². The van der Waals surface area contributed by atoms with Gasteiger partial charge in [0.1, 0.15) is 0 Å². The molecule has 0 saturated heterocycles. The number of carbonyl (C=O) groups excluding carboxylic acids is 2. The Balaban J connectivity index is 2.50. The van der Waals surface area contributed by atoms with Crippen LogP contribution in [0.3, 0.4) is 0 Å². The monoisotopic (exact) mass is 299 g/mol. The fourth-order valence-corrected chi connectivity index (χ4v) is 1.84. The van der Waals surface area contributed by atoms with E-state index in [0.29, 0.717) is 11.4 Å². The van der Waals surface area contributed by atoms with Crippen molar-refractivity contribution in [3.63, 3.8) is 0 Å². The lowest BCUT2D eigenvalue weighted by molar-refractivity contribution is -0.146. The Hall–Kier alpha value is -1.59. The van der Waals surface area contributed by atoms with E-state index >= 15 is 0 Å². The fourth-order valence-electron chi connectivity index (χ4n) is 1.64. The average Bonchev–Trinajstić information content (AvgIpc) is 2.45. The molecule has 0 aliphatic rings. The Kier molecular flexibility index (Phi) is 6.48. The number of esters is 1. The molecular weight excluding hydrogens is 282 g/mol. The van der Waals surface area contributed by atoms with Gasteiger partial charge in [0, 0.05) is 11.4 Å². The molecule has 0 aliphatic carbocycles. The smallest absolute Gasteiger partial charge is 0.330 e. The summed E-state index contributed by atoms with van der Waals surface area (Å²) in [5, 5.41) is 12.1. The molecule has 5 nitrogen and oxygen atoms in total. The first kappa shape index (κ1) is 16.5. The highest BCUT2D eigenvalue weighted by Gasteiger charge is 2.20. The molecule has 1 amide bonds. The quantitative estimate of drug-likeness (QED) is 0.775. The third kappa shape index (κ3) is 4.83. The van der Waals surface area contributed by atoms with E-state index in [1.54, 1.807) is 0 Å². The first-order valence-corrected chi connectivity index (χ1v) is 6.58. The Morgan fingerprint density at radius 3 is 2.70 bits per heavy atom. The van der Waals surface area contributed by atoms with E-state index in [4.69, 9.17) is 16.7 Å². The fraction of sp³-hybridized carbons (Fsp3) is 0.429. The van der Waals surface area contributed by atoms with Crippen molar-refractivity contribution < 1.29 is 19.4 Å². The number of hydrogen-bond acceptors (Lipinski definition) is 4. The predicted molar refractivity (Wildman–Crippen MR) is 75.5 cm³/mol. The summed E-state index contributed by atoms with van der Waals surface area (Å²) in [6.45, 7) is 1.41. The van der Waals surface area contributed by atoms with Crippen molar-refractivity contribution in [2.75, 3.05) is 13.7 Å². The molecule has 0 aliphatic heterocycles. The Morgan fingerprint density at radius 2 is 2.15 bits per heavy atom. The van der Waals surface area contributed by atoms with Crippen molar-refractivity contribution in [1.29, 1.82) is 0 Å². The largest absolute Gasteiger partial charge is 0.467 e. The van der Waals surface area contributed by atoms with Crippen LogP contribution in [0, 0.1) is 6.92 Å². The van der Waals surface area contributed by atoms with Gasteiger partial charge < -0.3 is 15.2 Å². The second-order valence-corrected chi connectivity index (χ2v) is 4.82. The number of carbonyl (C=O) groups is 2. The van der Waals surface area contributed by atoms with Crippen LogP contribution in [-0.4, -0.2) is 36.7 Å². The Labute approximate surface area is 122 Å². The van der Waals surface area contributed by atoms with Gasteiger partial charge in [-0.25, -0.2) is 4.79 Å². The molecule has 0 radical (unpaired) electrons. The molecule has 0 spiro atoms. The Morgan fingerprint density at radius 1 is 1.45 bits per heavy atom. The minimum Gasteiger partial charge on any atom is -0.467 e. The van der Waals surface area contributed by atoms with Crippen LogP contribution in [0.2, 0.25) is 5.02 Å². The molecule has 1 unspecified atom stereocenters. The zero-order valence-electron chi connectivity index (χ0n) is 11.5. The molecule has 6 heteroatoms. The van der Waals surface area contributed by atoms with Crippen LogP contribution in [0.5, 0.6) is 0 Å². The second-order valence-electron chi connectivity index (χ2n) is 4.41. The van der Waals surface area contributed by atoms with Gasteiger partial charge in [-0.1, -0.05) is 23.7 Å². The molecule has 0 heterocycles. The number of rotatable bonds is 6. The minimum atomic E-state index is -1.02. The predicted octanol–water partition coefficient (Wildman–Crippen LogP) is 1.23. The van der Waals surface area contributed by atoms with Crippen molar-refractivity contribution >= 4 is 23.5 Å². The average molecular weight is 300 g/mol. The van der Waals surface area contributed by atoms with Gasteiger partial charge in [0.05, 0.1) is 13.7 Å². The number of benzene rings is 1. The summed E-state index contributed by atoms with van der Waals surface area (Å²) in [5.74, 6) is -0.995. The van der Waals surface area contributed by atoms with Crippen LogP contribution < -0.4 is 5.32 Å². The lowest BCUT2D eigenvalue weighted by Crippen LogP contribution is -2.44.